The lowest BCUT2D eigenvalue weighted by molar-refractivity contribution is -0.402. The number of nitrogens with one attached hydrogen (secondary N) is 2. The molecular weight excluding hydrogens is 314 g/mol. The van der Waals surface area contributed by atoms with Crippen molar-refractivity contribution in [3.63, 3.8) is 0 Å². The Morgan fingerprint density at radius 2 is 2.12 bits per heavy atom. The highest BCUT2D eigenvalue weighted by Crippen LogP contribution is 2.23. The number of carbonyl (C=O) groups is 1. The molecule has 0 saturated carbocycles. The van der Waals surface area contributed by atoms with Gasteiger partial charge in [0.15, 0.2) is 5.76 Å². The Morgan fingerprint density at radius 3 is 2.83 bits per heavy atom. The minimum Gasteiger partial charge on any atom is -0.395 e. The number of hydrogen-bond donors (Lipinski definition) is 2. The van der Waals surface area contributed by atoms with Crippen molar-refractivity contribution in [1.82, 2.24) is 10.3 Å². The molecule has 8 nitrogen and oxygen atoms in total. The maximum Gasteiger partial charge on any atom is 0.433 e. The Kier molecular flexibility index (Phi) is 4.20. The van der Waals surface area contributed by atoms with E-state index < -0.39 is 16.7 Å². The summed E-state index contributed by atoms with van der Waals surface area (Å²) in [5.74, 6) is -1.25. The van der Waals surface area contributed by atoms with Crippen molar-refractivity contribution in [1.29, 1.82) is 0 Å². The maximum absolute atomic E-state index is 12.2. The van der Waals surface area contributed by atoms with Crippen LogP contribution in [0.3, 0.4) is 0 Å². The summed E-state index contributed by atoms with van der Waals surface area (Å²) in [4.78, 5) is 37.0. The van der Waals surface area contributed by atoms with Crippen molar-refractivity contribution in [2.24, 2.45) is 0 Å². The van der Waals surface area contributed by atoms with E-state index in [-0.39, 0.29) is 17.9 Å². The molecule has 0 unspecified atom stereocenters. The highest BCUT2D eigenvalue weighted by Gasteiger charge is 2.20. The summed E-state index contributed by atoms with van der Waals surface area (Å²) in [5, 5.41) is 13.2. The second-order valence-corrected chi connectivity index (χ2v) is 5.80. The zero-order chi connectivity index (χ0) is 17.3. The number of H-pyrrole nitrogens is 1. The van der Waals surface area contributed by atoms with Crippen LogP contribution in [0.15, 0.2) is 21.3 Å². The normalized spacial score (nSPS) is 13.4. The summed E-state index contributed by atoms with van der Waals surface area (Å²) in [5.41, 5.74) is 3.34. The van der Waals surface area contributed by atoms with Gasteiger partial charge in [-0.05, 0) is 49.8 Å². The fourth-order valence-corrected chi connectivity index (χ4v) is 3.04. The molecule has 0 bridgehead atoms. The van der Waals surface area contributed by atoms with Gasteiger partial charge in [-0.1, -0.05) is 0 Å². The predicted molar refractivity (Wildman–Crippen MR) is 85.0 cm³/mol. The number of nitro groups is 1. The minimum atomic E-state index is -0.713. The molecule has 2 heterocycles. The summed E-state index contributed by atoms with van der Waals surface area (Å²) in [6.45, 7) is 1.93. The summed E-state index contributed by atoms with van der Waals surface area (Å²) in [6.07, 6.45) is 3.94. The van der Waals surface area contributed by atoms with Crippen LogP contribution in [0.1, 0.15) is 45.8 Å². The number of nitrogens with zero attached hydrogens (tertiary/aromatic N) is 1. The van der Waals surface area contributed by atoms with Crippen molar-refractivity contribution in [3.8, 4) is 0 Å². The standard InChI is InChI=1S/C16H17N3O5/c1-9-10-4-2-3-5-12(10)18-15(20)11(9)8-17-16(21)13-6-7-14(24-13)19(22)23/h6-7H,2-5,8H2,1H3,(H,17,21)(H,18,20). The largest absolute Gasteiger partial charge is 0.433 e. The van der Waals surface area contributed by atoms with E-state index in [2.05, 4.69) is 10.3 Å². The third-order valence-electron chi connectivity index (χ3n) is 4.33. The second kappa shape index (κ2) is 6.31. The number of hydrogen-bond acceptors (Lipinski definition) is 5. The number of rotatable bonds is 4. The van der Waals surface area contributed by atoms with Gasteiger partial charge in [-0.3, -0.25) is 19.7 Å². The van der Waals surface area contributed by atoms with Crippen LogP contribution in [0.5, 0.6) is 0 Å². The monoisotopic (exact) mass is 331 g/mol. The first-order valence-electron chi connectivity index (χ1n) is 7.73. The molecule has 2 aromatic heterocycles. The predicted octanol–water partition coefficient (Wildman–Crippen LogP) is 1.99. The van der Waals surface area contributed by atoms with Gasteiger partial charge in [0.05, 0.1) is 6.07 Å². The van der Waals surface area contributed by atoms with Crippen LogP contribution < -0.4 is 10.9 Å². The molecule has 1 aliphatic carbocycles. The number of aryl methyl sites for hydroxylation is 1. The summed E-state index contributed by atoms with van der Waals surface area (Å²) >= 11 is 0. The highest BCUT2D eigenvalue weighted by atomic mass is 16.6. The third kappa shape index (κ3) is 2.94. The van der Waals surface area contributed by atoms with E-state index >= 15 is 0 Å². The van der Waals surface area contributed by atoms with Crippen molar-refractivity contribution < 1.29 is 14.1 Å². The van der Waals surface area contributed by atoms with Gasteiger partial charge in [-0.2, -0.15) is 0 Å². The third-order valence-corrected chi connectivity index (χ3v) is 4.33. The Labute approximate surface area is 137 Å². The van der Waals surface area contributed by atoms with Crippen LogP contribution in [-0.4, -0.2) is 15.8 Å². The lowest BCUT2D eigenvalue weighted by Crippen LogP contribution is -2.29. The quantitative estimate of drug-likeness (QED) is 0.656. The SMILES string of the molecule is Cc1c2c([nH]c(=O)c1CNC(=O)c1ccc([N+](=O)[O-])o1)CCCC2. The van der Waals surface area contributed by atoms with Crippen molar-refractivity contribution in [2.45, 2.75) is 39.2 Å². The van der Waals surface area contributed by atoms with Crippen molar-refractivity contribution >= 4 is 11.8 Å². The molecule has 0 fully saturated rings. The van der Waals surface area contributed by atoms with Gasteiger partial charge in [-0.25, -0.2) is 0 Å². The molecule has 2 aromatic rings. The number of carbonyl (C=O) groups excluding carboxylic acids is 1. The van der Waals surface area contributed by atoms with Crippen LogP contribution in [0.25, 0.3) is 0 Å². The molecule has 8 heteroatoms. The first-order valence-corrected chi connectivity index (χ1v) is 7.73. The van der Waals surface area contributed by atoms with Gasteiger partial charge in [0, 0.05) is 17.8 Å². The minimum absolute atomic E-state index is 0.0434. The van der Waals surface area contributed by atoms with Gasteiger partial charge >= 0.3 is 5.88 Å². The van der Waals surface area contributed by atoms with Crippen LogP contribution in [-0.2, 0) is 19.4 Å². The van der Waals surface area contributed by atoms with Crippen molar-refractivity contribution in [3.05, 3.63) is 60.7 Å². The average molecular weight is 331 g/mol. The average Bonchev–Trinajstić information content (AvgIpc) is 3.05. The van der Waals surface area contributed by atoms with E-state index in [1.54, 1.807) is 0 Å². The number of fused-ring (bicyclic) bond motifs is 1. The lowest BCUT2D eigenvalue weighted by atomic mass is 9.90. The molecule has 0 atom stereocenters. The van der Waals surface area contributed by atoms with Crippen molar-refractivity contribution in [2.75, 3.05) is 0 Å². The van der Waals surface area contributed by atoms with Gasteiger partial charge in [-0.15, -0.1) is 0 Å². The first kappa shape index (κ1) is 16.0. The van der Waals surface area contributed by atoms with E-state index in [1.165, 1.54) is 6.07 Å². The number of pyridine rings is 1. The lowest BCUT2D eigenvalue weighted by Gasteiger charge is -2.19. The van der Waals surface area contributed by atoms with E-state index in [0.29, 0.717) is 5.56 Å². The highest BCUT2D eigenvalue weighted by molar-refractivity contribution is 5.91. The van der Waals surface area contributed by atoms with Gasteiger partial charge in [0.1, 0.15) is 4.92 Å². The molecular formula is C16H17N3O5. The van der Waals surface area contributed by atoms with Gasteiger partial charge < -0.3 is 14.7 Å². The fourth-order valence-electron chi connectivity index (χ4n) is 3.04. The Hall–Kier alpha value is -2.90. The topological polar surface area (TPSA) is 118 Å². The van der Waals surface area contributed by atoms with Gasteiger partial charge in [0.2, 0.25) is 0 Å². The van der Waals surface area contributed by atoms with E-state index in [1.807, 2.05) is 6.92 Å². The van der Waals surface area contributed by atoms with Crippen LogP contribution >= 0.6 is 0 Å². The zero-order valence-corrected chi connectivity index (χ0v) is 13.2. The van der Waals surface area contributed by atoms with Crippen LogP contribution in [0.4, 0.5) is 5.88 Å². The number of furan rings is 1. The Bertz CT molecular complexity index is 865. The summed E-state index contributed by atoms with van der Waals surface area (Å²) in [7, 11) is 0. The maximum atomic E-state index is 12.2. The molecule has 24 heavy (non-hydrogen) atoms. The molecule has 0 radical (unpaired) electrons. The number of amides is 1. The zero-order valence-electron chi connectivity index (χ0n) is 13.2. The molecule has 0 saturated heterocycles. The molecule has 2 N–H and O–H groups in total. The van der Waals surface area contributed by atoms with Gasteiger partial charge in [0.25, 0.3) is 11.5 Å². The smallest absolute Gasteiger partial charge is 0.395 e. The molecule has 3 rings (SSSR count). The Balaban J connectivity index is 1.78. The first-order chi connectivity index (χ1) is 11.5. The molecule has 1 aliphatic rings. The number of aromatic nitrogens is 1. The van der Waals surface area contributed by atoms with Crippen LogP contribution in [0.2, 0.25) is 0 Å². The number of aromatic amines is 1. The molecule has 0 spiro atoms. The summed E-state index contributed by atoms with van der Waals surface area (Å²) in [6, 6.07) is 2.35. The second-order valence-electron chi connectivity index (χ2n) is 5.80. The molecule has 0 aliphatic heterocycles. The van der Waals surface area contributed by atoms with Crippen LogP contribution in [0, 0.1) is 17.0 Å². The molecule has 0 aromatic carbocycles. The molecule has 126 valence electrons. The van der Waals surface area contributed by atoms with E-state index in [9.17, 15) is 19.7 Å². The van der Waals surface area contributed by atoms with E-state index in [0.717, 1.165) is 48.6 Å². The van der Waals surface area contributed by atoms with E-state index in [4.69, 9.17) is 4.42 Å². The Morgan fingerprint density at radius 1 is 1.38 bits per heavy atom. The molecule has 1 amide bonds. The summed E-state index contributed by atoms with van der Waals surface area (Å²) < 4.78 is 4.85. The fraction of sp³-hybridized carbons (Fsp3) is 0.375.